The standard InChI is InChI=1S/C20H18N4O/c1-3-14-8-10-15(11-9-14)23-20(25)17-12-21-24-18-7-5-4-6-16(18)13(2)22-19(17)24/h1,8-12H,4-7H2,2H3,(H,23,25). The second kappa shape index (κ2) is 6.06. The molecular formula is C20H18N4O. The van der Waals surface area contributed by atoms with E-state index in [1.165, 1.54) is 17.7 Å². The highest BCUT2D eigenvalue weighted by molar-refractivity contribution is 6.08. The van der Waals surface area contributed by atoms with Crippen LogP contribution in [0, 0.1) is 19.3 Å². The Morgan fingerprint density at radius 3 is 2.76 bits per heavy atom. The van der Waals surface area contributed by atoms with Crippen LogP contribution in [-0.4, -0.2) is 20.5 Å². The zero-order chi connectivity index (χ0) is 17.4. The van der Waals surface area contributed by atoms with Crippen LogP contribution in [-0.2, 0) is 12.8 Å². The van der Waals surface area contributed by atoms with Gasteiger partial charge in [-0.25, -0.2) is 9.50 Å². The van der Waals surface area contributed by atoms with Gasteiger partial charge in [-0.1, -0.05) is 5.92 Å². The van der Waals surface area contributed by atoms with Crippen molar-refractivity contribution in [3.05, 3.63) is 58.5 Å². The Morgan fingerprint density at radius 2 is 2.00 bits per heavy atom. The van der Waals surface area contributed by atoms with Crippen LogP contribution in [0.15, 0.2) is 30.5 Å². The molecule has 0 radical (unpaired) electrons. The minimum absolute atomic E-state index is 0.217. The molecule has 1 N–H and O–H groups in total. The van der Waals surface area contributed by atoms with E-state index in [9.17, 15) is 4.79 Å². The van der Waals surface area contributed by atoms with Crippen LogP contribution in [0.2, 0.25) is 0 Å². The Kier molecular flexibility index (Phi) is 3.73. The summed E-state index contributed by atoms with van der Waals surface area (Å²) in [6.45, 7) is 2.01. The highest BCUT2D eigenvalue weighted by Gasteiger charge is 2.21. The third-order valence-corrected chi connectivity index (χ3v) is 4.70. The van der Waals surface area contributed by atoms with Crippen LogP contribution >= 0.6 is 0 Å². The van der Waals surface area contributed by atoms with Crippen LogP contribution in [0.3, 0.4) is 0 Å². The number of rotatable bonds is 2. The molecule has 0 fully saturated rings. The quantitative estimate of drug-likeness (QED) is 0.734. The van der Waals surface area contributed by atoms with E-state index < -0.39 is 0 Å². The van der Waals surface area contributed by atoms with Gasteiger partial charge >= 0.3 is 0 Å². The minimum atomic E-state index is -0.217. The molecule has 1 aliphatic rings. The Morgan fingerprint density at radius 1 is 1.24 bits per heavy atom. The summed E-state index contributed by atoms with van der Waals surface area (Å²) in [6, 6.07) is 7.17. The summed E-state index contributed by atoms with van der Waals surface area (Å²) in [6.07, 6.45) is 11.3. The minimum Gasteiger partial charge on any atom is -0.322 e. The third-order valence-electron chi connectivity index (χ3n) is 4.70. The number of hydrogen-bond acceptors (Lipinski definition) is 3. The second-order valence-corrected chi connectivity index (χ2v) is 6.30. The average Bonchev–Trinajstić information content (AvgIpc) is 3.06. The number of aryl methyl sites for hydroxylation is 2. The maximum absolute atomic E-state index is 12.7. The van der Waals surface area contributed by atoms with Gasteiger partial charge in [0, 0.05) is 22.6 Å². The number of terminal acetylenes is 1. The normalized spacial score (nSPS) is 13.3. The fourth-order valence-electron chi connectivity index (χ4n) is 3.39. The van der Waals surface area contributed by atoms with Gasteiger partial charge in [0.05, 0.1) is 6.20 Å². The van der Waals surface area contributed by atoms with Crippen molar-refractivity contribution in [3.63, 3.8) is 0 Å². The molecule has 1 aromatic carbocycles. The van der Waals surface area contributed by atoms with Gasteiger partial charge in [0.1, 0.15) is 5.56 Å². The lowest BCUT2D eigenvalue weighted by Gasteiger charge is -2.18. The van der Waals surface area contributed by atoms with Gasteiger partial charge in [0.2, 0.25) is 0 Å². The van der Waals surface area contributed by atoms with Gasteiger partial charge < -0.3 is 5.32 Å². The molecule has 1 amide bonds. The second-order valence-electron chi connectivity index (χ2n) is 6.30. The van der Waals surface area contributed by atoms with E-state index in [0.29, 0.717) is 16.9 Å². The number of carbonyl (C=O) groups excluding carboxylic acids is 1. The van der Waals surface area contributed by atoms with E-state index in [1.54, 1.807) is 30.5 Å². The molecule has 25 heavy (non-hydrogen) atoms. The summed E-state index contributed by atoms with van der Waals surface area (Å²) in [4.78, 5) is 17.3. The van der Waals surface area contributed by atoms with Gasteiger partial charge in [0.25, 0.3) is 5.91 Å². The lowest BCUT2D eigenvalue weighted by atomic mass is 9.95. The van der Waals surface area contributed by atoms with Gasteiger partial charge in [0.15, 0.2) is 5.65 Å². The topological polar surface area (TPSA) is 59.3 Å². The van der Waals surface area contributed by atoms with Crippen LogP contribution in [0.25, 0.3) is 5.65 Å². The summed E-state index contributed by atoms with van der Waals surface area (Å²) in [5, 5.41) is 7.32. The van der Waals surface area contributed by atoms with Crippen LogP contribution in [0.5, 0.6) is 0 Å². The fourth-order valence-corrected chi connectivity index (χ4v) is 3.39. The predicted octanol–water partition coefficient (Wildman–Crippen LogP) is 3.15. The van der Waals surface area contributed by atoms with Crippen molar-refractivity contribution in [3.8, 4) is 12.3 Å². The molecule has 4 rings (SSSR count). The number of hydrogen-bond donors (Lipinski definition) is 1. The van der Waals surface area contributed by atoms with Crippen molar-refractivity contribution < 1.29 is 4.79 Å². The van der Waals surface area contributed by atoms with Crippen molar-refractivity contribution in [1.82, 2.24) is 14.6 Å². The Labute approximate surface area is 146 Å². The zero-order valence-electron chi connectivity index (χ0n) is 14.0. The van der Waals surface area contributed by atoms with Crippen LogP contribution < -0.4 is 5.32 Å². The monoisotopic (exact) mass is 330 g/mol. The summed E-state index contributed by atoms with van der Waals surface area (Å²) in [7, 11) is 0. The first-order valence-corrected chi connectivity index (χ1v) is 8.41. The van der Waals surface area contributed by atoms with Gasteiger partial charge in [-0.3, -0.25) is 4.79 Å². The first kappa shape index (κ1) is 15.4. The van der Waals surface area contributed by atoms with Gasteiger partial charge in [-0.15, -0.1) is 6.42 Å². The molecule has 3 aromatic rings. The molecule has 0 spiro atoms. The van der Waals surface area contributed by atoms with Crippen LogP contribution in [0.1, 0.15) is 45.7 Å². The molecule has 5 heteroatoms. The number of benzene rings is 1. The fraction of sp³-hybridized carbons (Fsp3) is 0.250. The Bertz CT molecular complexity index is 1010. The Hall–Kier alpha value is -3.13. The summed E-state index contributed by atoms with van der Waals surface area (Å²) < 4.78 is 1.83. The number of nitrogens with one attached hydrogen (secondary N) is 1. The molecular weight excluding hydrogens is 312 g/mol. The summed E-state index contributed by atoms with van der Waals surface area (Å²) in [5.74, 6) is 2.34. The van der Waals surface area contributed by atoms with E-state index in [0.717, 1.165) is 30.5 Å². The van der Waals surface area contributed by atoms with E-state index in [1.807, 2.05) is 11.4 Å². The van der Waals surface area contributed by atoms with E-state index >= 15 is 0 Å². The molecule has 2 aromatic heterocycles. The number of anilines is 1. The number of carbonyl (C=O) groups is 1. The first-order valence-electron chi connectivity index (χ1n) is 8.41. The molecule has 0 aliphatic heterocycles. The molecule has 0 bridgehead atoms. The molecule has 0 atom stereocenters. The lowest BCUT2D eigenvalue weighted by molar-refractivity contribution is 0.102. The van der Waals surface area contributed by atoms with Crippen molar-refractivity contribution >= 4 is 17.2 Å². The Balaban J connectivity index is 1.70. The smallest absolute Gasteiger partial charge is 0.261 e. The highest BCUT2D eigenvalue weighted by Crippen LogP contribution is 2.25. The van der Waals surface area contributed by atoms with Crippen molar-refractivity contribution in [2.24, 2.45) is 0 Å². The molecule has 1 aliphatic carbocycles. The largest absolute Gasteiger partial charge is 0.322 e. The van der Waals surface area contributed by atoms with Crippen molar-refractivity contribution in [2.45, 2.75) is 32.6 Å². The molecule has 5 nitrogen and oxygen atoms in total. The van der Waals surface area contributed by atoms with E-state index in [2.05, 4.69) is 21.3 Å². The molecule has 0 saturated heterocycles. The van der Waals surface area contributed by atoms with Gasteiger partial charge in [-0.05, 0) is 62.4 Å². The number of amides is 1. The SMILES string of the molecule is C#Cc1ccc(NC(=O)c2cnn3c4c(c(C)nc23)CCCC4)cc1. The number of fused-ring (bicyclic) bond motifs is 3. The highest BCUT2D eigenvalue weighted by atomic mass is 16.1. The van der Waals surface area contributed by atoms with Crippen LogP contribution in [0.4, 0.5) is 5.69 Å². The predicted molar refractivity (Wildman–Crippen MR) is 96.7 cm³/mol. The third kappa shape index (κ3) is 2.66. The molecule has 0 unspecified atom stereocenters. The lowest BCUT2D eigenvalue weighted by Crippen LogP contribution is -2.15. The van der Waals surface area contributed by atoms with Crippen molar-refractivity contribution in [2.75, 3.05) is 5.32 Å². The maximum Gasteiger partial charge on any atom is 0.261 e. The van der Waals surface area contributed by atoms with Gasteiger partial charge in [-0.2, -0.15) is 5.10 Å². The zero-order valence-corrected chi connectivity index (χ0v) is 14.0. The van der Waals surface area contributed by atoms with E-state index in [-0.39, 0.29) is 5.91 Å². The summed E-state index contributed by atoms with van der Waals surface area (Å²) in [5.41, 5.74) is 6.03. The summed E-state index contributed by atoms with van der Waals surface area (Å²) >= 11 is 0. The first-order chi connectivity index (χ1) is 12.2. The van der Waals surface area contributed by atoms with E-state index in [4.69, 9.17) is 6.42 Å². The molecule has 124 valence electrons. The number of aromatic nitrogens is 3. The van der Waals surface area contributed by atoms with Crippen molar-refractivity contribution in [1.29, 1.82) is 0 Å². The molecule has 2 heterocycles. The average molecular weight is 330 g/mol. The maximum atomic E-state index is 12.7. The molecule has 0 saturated carbocycles. The number of nitrogens with zero attached hydrogens (tertiary/aromatic N) is 3.